The van der Waals surface area contributed by atoms with Crippen LogP contribution in [0.15, 0.2) is 22.7 Å². The maximum absolute atomic E-state index is 6.17. The SMILES string of the molecule is CCc1cc(Cl)c2cc(Br)cc(Cl)c2n1. The fourth-order valence-corrected chi connectivity index (χ4v) is 2.56. The van der Waals surface area contributed by atoms with Crippen molar-refractivity contribution in [3.05, 3.63) is 38.4 Å². The first-order chi connectivity index (χ1) is 7.11. The molecule has 1 heterocycles. The van der Waals surface area contributed by atoms with E-state index in [2.05, 4.69) is 20.9 Å². The van der Waals surface area contributed by atoms with Crippen LogP contribution in [0.5, 0.6) is 0 Å². The molecule has 0 saturated heterocycles. The maximum atomic E-state index is 6.17. The summed E-state index contributed by atoms with van der Waals surface area (Å²) >= 11 is 15.7. The van der Waals surface area contributed by atoms with Crippen LogP contribution >= 0.6 is 39.1 Å². The van der Waals surface area contributed by atoms with E-state index in [9.17, 15) is 0 Å². The lowest BCUT2D eigenvalue weighted by Crippen LogP contribution is -1.90. The van der Waals surface area contributed by atoms with Crippen molar-refractivity contribution in [3.8, 4) is 0 Å². The van der Waals surface area contributed by atoms with E-state index in [-0.39, 0.29) is 0 Å². The lowest BCUT2D eigenvalue weighted by atomic mass is 10.2. The number of aryl methyl sites for hydroxylation is 1. The van der Waals surface area contributed by atoms with E-state index in [4.69, 9.17) is 23.2 Å². The zero-order valence-electron chi connectivity index (χ0n) is 8.02. The quantitative estimate of drug-likeness (QED) is 0.732. The first-order valence-electron chi connectivity index (χ1n) is 4.56. The molecule has 0 radical (unpaired) electrons. The number of pyridine rings is 1. The van der Waals surface area contributed by atoms with E-state index in [0.717, 1.165) is 27.5 Å². The highest BCUT2D eigenvalue weighted by Gasteiger charge is 2.07. The Kier molecular flexibility index (Phi) is 3.19. The Hall–Kier alpha value is -0.310. The molecule has 78 valence electrons. The van der Waals surface area contributed by atoms with Gasteiger partial charge in [-0.15, -0.1) is 0 Å². The number of aromatic nitrogens is 1. The minimum atomic E-state index is 0.622. The average Bonchev–Trinajstić information content (AvgIpc) is 2.19. The summed E-state index contributed by atoms with van der Waals surface area (Å²) in [5.74, 6) is 0. The standard InChI is InChI=1S/C11H8BrCl2N/c1-2-7-5-9(13)8-3-6(12)4-10(14)11(8)15-7/h3-5H,2H2,1H3. The van der Waals surface area contributed by atoms with Crippen LogP contribution in [0.3, 0.4) is 0 Å². The molecule has 1 aromatic heterocycles. The molecule has 0 aliphatic heterocycles. The lowest BCUT2D eigenvalue weighted by molar-refractivity contribution is 1.06. The van der Waals surface area contributed by atoms with Crippen molar-refractivity contribution in [2.45, 2.75) is 13.3 Å². The minimum absolute atomic E-state index is 0.622. The summed E-state index contributed by atoms with van der Waals surface area (Å²) in [5, 5.41) is 2.20. The normalized spacial score (nSPS) is 10.9. The van der Waals surface area contributed by atoms with Crippen LogP contribution in [0.25, 0.3) is 10.9 Å². The van der Waals surface area contributed by atoms with Gasteiger partial charge in [0.1, 0.15) is 0 Å². The second-order valence-electron chi connectivity index (χ2n) is 3.23. The van der Waals surface area contributed by atoms with Gasteiger partial charge in [-0.1, -0.05) is 46.1 Å². The highest BCUT2D eigenvalue weighted by molar-refractivity contribution is 9.10. The molecule has 0 aliphatic carbocycles. The molecule has 0 bridgehead atoms. The Bertz CT molecular complexity index is 525. The lowest BCUT2D eigenvalue weighted by Gasteiger charge is -2.05. The molecule has 2 aromatic rings. The van der Waals surface area contributed by atoms with Crippen LogP contribution < -0.4 is 0 Å². The Labute approximate surface area is 107 Å². The maximum Gasteiger partial charge on any atom is 0.0907 e. The van der Waals surface area contributed by atoms with Crippen molar-refractivity contribution in [1.82, 2.24) is 4.98 Å². The second-order valence-corrected chi connectivity index (χ2v) is 4.96. The number of halogens is 3. The minimum Gasteiger partial charge on any atom is -0.251 e. The van der Waals surface area contributed by atoms with Gasteiger partial charge in [0.2, 0.25) is 0 Å². The number of nitrogens with zero attached hydrogens (tertiary/aromatic N) is 1. The molecule has 0 saturated carbocycles. The van der Waals surface area contributed by atoms with Gasteiger partial charge in [-0.3, -0.25) is 4.98 Å². The van der Waals surface area contributed by atoms with Gasteiger partial charge in [0.25, 0.3) is 0 Å². The van der Waals surface area contributed by atoms with E-state index in [0.29, 0.717) is 10.0 Å². The third-order valence-corrected chi connectivity index (χ3v) is 3.26. The van der Waals surface area contributed by atoms with Crippen molar-refractivity contribution < 1.29 is 0 Å². The molecule has 4 heteroatoms. The van der Waals surface area contributed by atoms with Crippen LogP contribution in [-0.2, 0) is 6.42 Å². The molecule has 15 heavy (non-hydrogen) atoms. The van der Waals surface area contributed by atoms with Crippen LogP contribution in [-0.4, -0.2) is 4.98 Å². The molecule has 1 aromatic carbocycles. The fourth-order valence-electron chi connectivity index (χ4n) is 1.44. The van der Waals surface area contributed by atoms with Gasteiger partial charge < -0.3 is 0 Å². The third-order valence-electron chi connectivity index (χ3n) is 2.20. The highest BCUT2D eigenvalue weighted by atomic mass is 79.9. The van der Waals surface area contributed by atoms with Crippen molar-refractivity contribution in [2.75, 3.05) is 0 Å². The Morgan fingerprint density at radius 2 is 1.93 bits per heavy atom. The van der Waals surface area contributed by atoms with Crippen molar-refractivity contribution in [2.24, 2.45) is 0 Å². The molecule has 0 unspecified atom stereocenters. The summed E-state index contributed by atoms with van der Waals surface area (Å²) in [6.07, 6.45) is 0.849. The Morgan fingerprint density at radius 1 is 1.20 bits per heavy atom. The number of fused-ring (bicyclic) bond motifs is 1. The molecule has 0 spiro atoms. The van der Waals surface area contributed by atoms with Crippen LogP contribution in [0.4, 0.5) is 0 Å². The fraction of sp³-hybridized carbons (Fsp3) is 0.182. The number of hydrogen-bond acceptors (Lipinski definition) is 1. The number of benzene rings is 1. The van der Waals surface area contributed by atoms with Crippen LogP contribution in [0, 0.1) is 0 Å². The molecule has 0 atom stereocenters. The van der Waals surface area contributed by atoms with Gasteiger partial charge in [-0.05, 0) is 24.6 Å². The van der Waals surface area contributed by atoms with E-state index >= 15 is 0 Å². The molecule has 0 aliphatic rings. The van der Waals surface area contributed by atoms with E-state index in [1.165, 1.54) is 0 Å². The number of hydrogen-bond donors (Lipinski definition) is 0. The molecule has 0 fully saturated rings. The predicted molar refractivity (Wildman–Crippen MR) is 68.8 cm³/mol. The molecule has 2 rings (SSSR count). The third kappa shape index (κ3) is 2.12. The van der Waals surface area contributed by atoms with Crippen molar-refractivity contribution >= 4 is 50.0 Å². The van der Waals surface area contributed by atoms with Crippen molar-refractivity contribution in [3.63, 3.8) is 0 Å². The highest BCUT2D eigenvalue weighted by Crippen LogP contribution is 2.31. The largest absolute Gasteiger partial charge is 0.251 e. The summed E-state index contributed by atoms with van der Waals surface area (Å²) in [4.78, 5) is 4.46. The number of rotatable bonds is 1. The van der Waals surface area contributed by atoms with Crippen LogP contribution in [0.1, 0.15) is 12.6 Å². The zero-order valence-corrected chi connectivity index (χ0v) is 11.1. The van der Waals surface area contributed by atoms with E-state index in [1.54, 1.807) is 0 Å². The summed E-state index contributed by atoms with van der Waals surface area (Å²) in [5.41, 5.74) is 1.72. The van der Waals surface area contributed by atoms with Gasteiger partial charge >= 0.3 is 0 Å². The van der Waals surface area contributed by atoms with Crippen molar-refractivity contribution in [1.29, 1.82) is 0 Å². The summed E-state index contributed by atoms with van der Waals surface area (Å²) in [7, 11) is 0. The first-order valence-corrected chi connectivity index (χ1v) is 6.11. The topological polar surface area (TPSA) is 12.9 Å². The van der Waals surface area contributed by atoms with Gasteiger partial charge in [0, 0.05) is 15.6 Å². The van der Waals surface area contributed by atoms with E-state index < -0.39 is 0 Å². The van der Waals surface area contributed by atoms with Gasteiger partial charge in [0.05, 0.1) is 15.6 Å². The molecular weight excluding hydrogens is 297 g/mol. The predicted octanol–water partition coefficient (Wildman–Crippen LogP) is 4.87. The summed E-state index contributed by atoms with van der Waals surface area (Å²) in [6.45, 7) is 2.04. The Balaban J connectivity index is 2.85. The van der Waals surface area contributed by atoms with Gasteiger partial charge in [-0.25, -0.2) is 0 Å². The molecular formula is C11H8BrCl2N. The summed E-state index contributed by atoms with van der Waals surface area (Å²) in [6, 6.07) is 5.63. The van der Waals surface area contributed by atoms with Gasteiger partial charge in [0.15, 0.2) is 0 Å². The smallest absolute Gasteiger partial charge is 0.0907 e. The monoisotopic (exact) mass is 303 g/mol. The molecule has 0 N–H and O–H groups in total. The van der Waals surface area contributed by atoms with E-state index in [1.807, 2.05) is 25.1 Å². The average molecular weight is 305 g/mol. The van der Waals surface area contributed by atoms with Gasteiger partial charge in [-0.2, -0.15) is 0 Å². The van der Waals surface area contributed by atoms with Crippen LogP contribution in [0.2, 0.25) is 10.0 Å². The summed E-state index contributed by atoms with van der Waals surface area (Å²) < 4.78 is 0.910. The molecule has 1 nitrogen and oxygen atoms in total. The second kappa shape index (κ2) is 4.28. The first kappa shape index (κ1) is 11.2. The Morgan fingerprint density at radius 3 is 2.60 bits per heavy atom. The molecule has 0 amide bonds. The zero-order chi connectivity index (χ0) is 11.0.